The van der Waals surface area contributed by atoms with Crippen molar-refractivity contribution in [2.75, 3.05) is 14.2 Å². The van der Waals surface area contributed by atoms with E-state index in [1.54, 1.807) is 6.08 Å². The highest BCUT2D eigenvalue weighted by molar-refractivity contribution is 5.99. The first-order valence-electron chi connectivity index (χ1n) is 10.5. The number of carbonyl (C=O) groups is 3. The van der Waals surface area contributed by atoms with Gasteiger partial charge < -0.3 is 23.7 Å². The zero-order valence-corrected chi connectivity index (χ0v) is 17.3. The van der Waals surface area contributed by atoms with E-state index in [9.17, 15) is 14.4 Å². The van der Waals surface area contributed by atoms with Crippen LogP contribution >= 0.6 is 0 Å². The Kier molecular flexibility index (Phi) is 4.38. The van der Waals surface area contributed by atoms with Gasteiger partial charge in [-0.2, -0.15) is 0 Å². The molecule has 7 atom stereocenters. The normalized spacial score (nSPS) is 44.3. The van der Waals surface area contributed by atoms with E-state index >= 15 is 0 Å². The van der Waals surface area contributed by atoms with Crippen molar-refractivity contribution in [3.8, 4) is 0 Å². The maximum atomic E-state index is 13.4. The number of rotatable bonds is 3. The molecule has 1 saturated carbocycles. The molecule has 8 heteroatoms. The Morgan fingerprint density at radius 3 is 2.70 bits per heavy atom. The maximum Gasteiger partial charge on any atom is 0.339 e. The summed E-state index contributed by atoms with van der Waals surface area (Å²) >= 11 is 0. The van der Waals surface area contributed by atoms with Gasteiger partial charge in [-0.1, -0.05) is 13.0 Å². The fourth-order valence-electron chi connectivity index (χ4n) is 6.61. The van der Waals surface area contributed by atoms with Crippen LogP contribution in [0.3, 0.4) is 0 Å². The van der Waals surface area contributed by atoms with E-state index in [2.05, 4.69) is 6.92 Å². The summed E-state index contributed by atoms with van der Waals surface area (Å²) in [4.78, 5) is 38.3. The van der Waals surface area contributed by atoms with Crippen LogP contribution in [0, 0.1) is 22.7 Å². The number of hydrogen-bond donors (Lipinski definition) is 0. The predicted octanol–water partition coefficient (Wildman–Crippen LogP) is 2.03. The Hall–Kier alpha value is -2.19. The second-order valence-electron chi connectivity index (χ2n) is 8.96. The van der Waals surface area contributed by atoms with Crippen LogP contribution in [-0.4, -0.2) is 50.8 Å². The average molecular weight is 418 g/mol. The molecular weight excluding hydrogens is 392 g/mol. The molecule has 3 fully saturated rings. The van der Waals surface area contributed by atoms with E-state index in [4.69, 9.17) is 23.7 Å². The van der Waals surface area contributed by atoms with Gasteiger partial charge in [0.25, 0.3) is 0 Å². The fraction of sp³-hybridized carbons (Fsp3) is 0.682. The van der Waals surface area contributed by atoms with E-state index in [1.807, 2.05) is 6.08 Å². The Morgan fingerprint density at radius 1 is 1.20 bits per heavy atom. The molecule has 1 spiro atoms. The summed E-state index contributed by atoms with van der Waals surface area (Å²) in [5, 5.41) is 0. The third-order valence-corrected chi connectivity index (χ3v) is 8.02. The van der Waals surface area contributed by atoms with Crippen molar-refractivity contribution < 1.29 is 38.1 Å². The Morgan fingerprint density at radius 2 is 2.00 bits per heavy atom. The molecule has 0 aromatic carbocycles. The van der Waals surface area contributed by atoms with Crippen molar-refractivity contribution >= 4 is 17.9 Å². The molecular formula is C22H26O8. The SMILES string of the molecule is COC(=O)C1=CCC[C@H]2[C@@]13CC[C@@H](C)[C@]21C[C@@H](C2=C[C@@H](OC)OC2=O)O[C@@H]1OC3=O. The first-order valence-corrected chi connectivity index (χ1v) is 10.5. The minimum atomic E-state index is -1.01. The number of allylic oxidation sites excluding steroid dienone is 1. The highest BCUT2D eigenvalue weighted by atomic mass is 16.7. The molecule has 0 N–H and O–H groups in total. The lowest BCUT2D eigenvalue weighted by molar-refractivity contribution is -0.262. The van der Waals surface area contributed by atoms with Gasteiger partial charge >= 0.3 is 17.9 Å². The minimum Gasteiger partial charge on any atom is -0.466 e. The van der Waals surface area contributed by atoms with Crippen molar-refractivity contribution in [1.29, 1.82) is 0 Å². The molecule has 8 nitrogen and oxygen atoms in total. The standard InChI is InChI=1S/C22H26O8/c1-11-7-8-21-13(18(24)27-3)5-4-6-15(21)22(11)10-14(28-20(22)30-19(21)25)12-9-16(26-2)29-17(12)23/h5,9,11,14-16,20H,4,6-8,10H2,1-3H3/t11-,14+,15+,16+,20-,21-,22-/m1/s1. The van der Waals surface area contributed by atoms with E-state index in [1.165, 1.54) is 14.2 Å². The number of hydrogen-bond acceptors (Lipinski definition) is 8. The molecule has 0 amide bonds. The second-order valence-corrected chi connectivity index (χ2v) is 8.96. The van der Waals surface area contributed by atoms with Crippen LogP contribution in [0.5, 0.6) is 0 Å². The van der Waals surface area contributed by atoms with E-state index in [0.717, 1.165) is 12.8 Å². The van der Waals surface area contributed by atoms with Gasteiger partial charge in [0.15, 0.2) is 0 Å². The molecule has 3 heterocycles. The smallest absolute Gasteiger partial charge is 0.339 e. The second kappa shape index (κ2) is 6.65. The van der Waals surface area contributed by atoms with Crippen molar-refractivity contribution in [3.05, 3.63) is 23.3 Å². The summed E-state index contributed by atoms with van der Waals surface area (Å²) in [6.45, 7) is 2.15. The van der Waals surface area contributed by atoms with Gasteiger partial charge in [0.05, 0.1) is 24.4 Å². The Balaban J connectivity index is 1.57. The summed E-state index contributed by atoms with van der Waals surface area (Å²) in [5.41, 5.74) is -0.661. The molecule has 162 valence electrons. The summed E-state index contributed by atoms with van der Waals surface area (Å²) < 4.78 is 27.4. The molecule has 0 unspecified atom stereocenters. The molecule has 2 aliphatic carbocycles. The van der Waals surface area contributed by atoms with Crippen molar-refractivity contribution in [2.45, 2.75) is 57.7 Å². The summed E-state index contributed by atoms with van der Waals surface area (Å²) in [6, 6.07) is 0. The largest absolute Gasteiger partial charge is 0.466 e. The number of cyclic esters (lactones) is 1. The maximum absolute atomic E-state index is 13.4. The van der Waals surface area contributed by atoms with Gasteiger partial charge in [-0.05, 0) is 50.0 Å². The number of carbonyl (C=O) groups excluding carboxylic acids is 3. The van der Waals surface area contributed by atoms with Gasteiger partial charge in [-0.15, -0.1) is 0 Å². The van der Waals surface area contributed by atoms with Crippen LogP contribution in [0.1, 0.15) is 39.0 Å². The van der Waals surface area contributed by atoms with Gasteiger partial charge in [-0.25, -0.2) is 9.59 Å². The number of methoxy groups -OCH3 is 2. The van der Waals surface area contributed by atoms with Crippen molar-refractivity contribution in [1.82, 2.24) is 0 Å². The molecule has 3 aliphatic heterocycles. The van der Waals surface area contributed by atoms with Crippen molar-refractivity contribution in [3.63, 3.8) is 0 Å². The highest BCUT2D eigenvalue weighted by Crippen LogP contribution is 2.69. The average Bonchev–Trinajstić information content (AvgIpc) is 3.31. The quantitative estimate of drug-likeness (QED) is 0.507. The van der Waals surface area contributed by atoms with Crippen molar-refractivity contribution in [2.24, 2.45) is 22.7 Å². The lowest BCUT2D eigenvalue weighted by Gasteiger charge is -2.60. The van der Waals surface area contributed by atoms with E-state index < -0.39 is 47.4 Å². The Bertz CT molecular complexity index is 874. The number of esters is 3. The van der Waals surface area contributed by atoms with Crippen LogP contribution in [0.15, 0.2) is 23.3 Å². The molecule has 30 heavy (non-hydrogen) atoms. The molecule has 5 aliphatic rings. The van der Waals surface area contributed by atoms with Crippen LogP contribution < -0.4 is 0 Å². The van der Waals surface area contributed by atoms with Gasteiger partial charge in [0, 0.05) is 12.5 Å². The third-order valence-electron chi connectivity index (χ3n) is 8.02. The van der Waals surface area contributed by atoms with E-state index in [-0.39, 0.29) is 11.8 Å². The monoisotopic (exact) mass is 418 g/mol. The fourth-order valence-corrected chi connectivity index (χ4v) is 6.61. The van der Waals surface area contributed by atoms with Gasteiger partial charge in [0.1, 0.15) is 5.41 Å². The van der Waals surface area contributed by atoms with Crippen LogP contribution in [0.25, 0.3) is 0 Å². The Labute approximate surface area is 174 Å². The van der Waals surface area contributed by atoms with Gasteiger partial charge in [0.2, 0.25) is 12.6 Å². The summed E-state index contributed by atoms with van der Waals surface area (Å²) in [7, 11) is 2.80. The zero-order chi connectivity index (χ0) is 21.3. The molecule has 0 aromatic rings. The van der Waals surface area contributed by atoms with Crippen LogP contribution in [-0.2, 0) is 38.1 Å². The number of ether oxygens (including phenoxy) is 5. The summed E-state index contributed by atoms with van der Waals surface area (Å²) in [5.74, 6) is -1.27. The lowest BCUT2D eigenvalue weighted by Crippen LogP contribution is -2.65. The van der Waals surface area contributed by atoms with Crippen LogP contribution in [0.4, 0.5) is 0 Å². The first-order chi connectivity index (χ1) is 14.4. The van der Waals surface area contributed by atoms with Crippen LogP contribution in [0.2, 0.25) is 0 Å². The minimum absolute atomic E-state index is 0.111. The molecule has 2 saturated heterocycles. The lowest BCUT2D eigenvalue weighted by atomic mass is 9.44. The van der Waals surface area contributed by atoms with Gasteiger partial charge in [-0.3, -0.25) is 4.79 Å². The molecule has 0 aromatic heterocycles. The molecule has 2 bridgehead atoms. The highest BCUT2D eigenvalue weighted by Gasteiger charge is 2.73. The predicted molar refractivity (Wildman–Crippen MR) is 100 cm³/mol. The molecule has 5 rings (SSSR count). The molecule has 0 radical (unpaired) electrons. The topological polar surface area (TPSA) is 97.4 Å². The summed E-state index contributed by atoms with van der Waals surface area (Å²) in [6.07, 6.45) is 4.73. The first kappa shape index (κ1) is 19.8. The van der Waals surface area contributed by atoms with E-state index in [0.29, 0.717) is 30.4 Å². The zero-order valence-electron chi connectivity index (χ0n) is 17.3. The third kappa shape index (κ3) is 2.32.